The summed E-state index contributed by atoms with van der Waals surface area (Å²) in [6, 6.07) is 3.31. The van der Waals surface area contributed by atoms with Gasteiger partial charge in [-0.05, 0) is 25.0 Å². The Morgan fingerprint density at radius 1 is 1.28 bits per heavy atom. The summed E-state index contributed by atoms with van der Waals surface area (Å²) < 4.78 is 33.7. The molecular formula is C17H20F2N4O2. The summed E-state index contributed by atoms with van der Waals surface area (Å²) in [5, 5.41) is 4.26. The van der Waals surface area contributed by atoms with E-state index in [4.69, 9.17) is 4.74 Å². The van der Waals surface area contributed by atoms with Crippen molar-refractivity contribution in [3.8, 4) is 5.69 Å². The summed E-state index contributed by atoms with van der Waals surface area (Å²) in [4.78, 5) is 18.1. The summed E-state index contributed by atoms with van der Waals surface area (Å²) in [7, 11) is 1.52. The monoisotopic (exact) mass is 350 g/mol. The van der Waals surface area contributed by atoms with Gasteiger partial charge in [-0.3, -0.25) is 4.79 Å². The van der Waals surface area contributed by atoms with Crippen molar-refractivity contribution in [3.63, 3.8) is 0 Å². The molecule has 0 aliphatic carbocycles. The number of amides is 1. The summed E-state index contributed by atoms with van der Waals surface area (Å²) in [6.45, 7) is 1.40. The molecule has 2 heterocycles. The third-order valence-electron chi connectivity index (χ3n) is 4.16. The Hall–Kier alpha value is -2.35. The van der Waals surface area contributed by atoms with Gasteiger partial charge in [-0.2, -0.15) is 0 Å². The number of methoxy groups -OCH3 is 1. The zero-order valence-electron chi connectivity index (χ0n) is 14.0. The normalized spacial score (nSPS) is 15.0. The van der Waals surface area contributed by atoms with Crippen LogP contribution in [0.25, 0.3) is 5.69 Å². The topological polar surface area (TPSA) is 60.2 Å². The van der Waals surface area contributed by atoms with Crippen LogP contribution in [0, 0.1) is 11.6 Å². The molecule has 2 aromatic rings. The van der Waals surface area contributed by atoms with E-state index in [2.05, 4.69) is 10.1 Å². The van der Waals surface area contributed by atoms with E-state index >= 15 is 0 Å². The number of likely N-dealkylation sites (tertiary alicyclic amines) is 1. The maximum Gasteiger partial charge on any atom is 0.222 e. The molecule has 0 radical (unpaired) electrons. The van der Waals surface area contributed by atoms with Crippen LogP contribution in [-0.4, -0.2) is 45.8 Å². The van der Waals surface area contributed by atoms with Gasteiger partial charge in [0.2, 0.25) is 5.91 Å². The second-order valence-electron chi connectivity index (χ2n) is 5.97. The Morgan fingerprint density at radius 3 is 2.84 bits per heavy atom. The van der Waals surface area contributed by atoms with Crippen LogP contribution in [0.3, 0.4) is 0 Å². The SMILES string of the molecule is COCc1nc(CCN2CCCCC2=O)n(-c2ccc(F)cc2F)n1. The predicted molar refractivity (Wildman–Crippen MR) is 86.1 cm³/mol. The maximum atomic E-state index is 14.1. The number of carbonyl (C=O) groups is 1. The Morgan fingerprint density at radius 2 is 2.12 bits per heavy atom. The number of hydrogen-bond donors (Lipinski definition) is 0. The number of rotatable bonds is 6. The largest absolute Gasteiger partial charge is 0.377 e. The van der Waals surface area contributed by atoms with Gasteiger partial charge in [0.25, 0.3) is 0 Å². The van der Waals surface area contributed by atoms with Gasteiger partial charge in [0.05, 0.1) is 0 Å². The van der Waals surface area contributed by atoms with Crippen LogP contribution in [0.15, 0.2) is 18.2 Å². The molecule has 0 bridgehead atoms. The summed E-state index contributed by atoms with van der Waals surface area (Å²) in [5.41, 5.74) is 0.122. The molecule has 1 aliphatic heterocycles. The van der Waals surface area contributed by atoms with E-state index in [0.717, 1.165) is 25.5 Å². The zero-order chi connectivity index (χ0) is 17.8. The fraction of sp³-hybridized carbons (Fsp3) is 0.471. The highest BCUT2D eigenvalue weighted by molar-refractivity contribution is 5.76. The predicted octanol–water partition coefficient (Wildman–Crippen LogP) is 2.25. The molecule has 1 aliphatic rings. The lowest BCUT2D eigenvalue weighted by atomic mass is 10.1. The molecule has 1 aromatic carbocycles. The molecule has 134 valence electrons. The first-order valence-electron chi connectivity index (χ1n) is 8.25. The van der Waals surface area contributed by atoms with Crippen LogP contribution >= 0.6 is 0 Å². The Kier molecular flexibility index (Phi) is 5.37. The fourth-order valence-electron chi connectivity index (χ4n) is 2.92. The van der Waals surface area contributed by atoms with Crippen LogP contribution in [0.4, 0.5) is 8.78 Å². The Labute approximate surface area is 144 Å². The number of piperidine rings is 1. The second-order valence-corrected chi connectivity index (χ2v) is 5.97. The third-order valence-corrected chi connectivity index (χ3v) is 4.16. The van der Waals surface area contributed by atoms with Crippen molar-refractivity contribution in [2.24, 2.45) is 0 Å². The molecule has 25 heavy (non-hydrogen) atoms. The van der Waals surface area contributed by atoms with Crippen molar-refractivity contribution in [1.82, 2.24) is 19.7 Å². The van der Waals surface area contributed by atoms with E-state index in [1.54, 1.807) is 4.90 Å². The molecule has 8 heteroatoms. The molecule has 0 spiro atoms. The van der Waals surface area contributed by atoms with Crippen LogP contribution in [-0.2, 0) is 22.6 Å². The van der Waals surface area contributed by atoms with Crippen LogP contribution < -0.4 is 0 Å². The highest BCUT2D eigenvalue weighted by Crippen LogP contribution is 2.18. The lowest BCUT2D eigenvalue weighted by molar-refractivity contribution is -0.133. The van der Waals surface area contributed by atoms with Crippen LogP contribution in [0.5, 0.6) is 0 Å². The van der Waals surface area contributed by atoms with E-state index in [0.29, 0.717) is 31.0 Å². The first kappa shape index (κ1) is 17.5. The van der Waals surface area contributed by atoms with Gasteiger partial charge in [-0.1, -0.05) is 0 Å². The van der Waals surface area contributed by atoms with Crippen LogP contribution in [0.1, 0.15) is 30.9 Å². The van der Waals surface area contributed by atoms with Crippen molar-refractivity contribution in [2.45, 2.75) is 32.3 Å². The molecule has 0 N–H and O–H groups in total. The number of nitrogens with zero attached hydrogens (tertiary/aromatic N) is 4. The molecular weight excluding hydrogens is 330 g/mol. The number of ether oxygens (including phenoxy) is 1. The number of aromatic nitrogens is 3. The van der Waals surface area contributed by atoms with Gasteiger partial charge in [-0.15, -0.1) is 5.10 Å². The molecule has 6 nitrogen and oxygen atoms in total. The Balaban J connectivity index is 1.85. The minimum Gasteiger partial charge on any atom is -0.377 e. The van der Waals surface area contributed by atoms with Gasteiger partial charge in [0.1, 0.15) is 23.9 Å². The molecule has 0 atom stereocenters. The molecule has 0 unspecified atom stereocenters. The smallest absolute Gasteiger partial charge is 0.222 e. The highest BCUT2D eigenvalue weighted by atomic mass is 19.1. The average Bonchev–Trinajstić information content (AvgIpc) is 2.97. The molecule has 1 saturated heterocycles. The standard InChI is InChI=1S/C17H20F2N4O2/c1-25-11-15-20-16(7-9-22-8-3-2-4-17(22)24)23(21-15)14-6-5-12(18)10-13(14)19/h5-6,10H,2-4,7-9,11H2,1H3. The van der Waals surface area contributed by atoms with Crippen LogP contribution in [0.2, 0.25) is 0 Å². The summed E-state index contributed by atoms with van der Waals surface area (Å²) in [6.07, 6.45) is 2.90. The molecule has 0 saturated carbocycles. The molecule has 1 aromatic heterocycles. The van der Waals surface area contributed by atoms with Crippen molar-refractivity contribution in [2.75, 3.05) is 20.2 Å². The van der Waals surface area contributed by atoms with Gasteiger partial charge < -0.3 is 9.64 Å². The number of carbonyl (C=O) groups excluding carboxylic acids is 1. The third kappa shape index (κ3) is 4.01. The van der Waals surface area contributed by atoms with Gasteiger partial charge in [-0.25, -0.2) is 18.4 Å². The van der Waals surface area contributed by atoms with Gasteiger partial charge in [0.15, 0.2) is 11.6 Å². The second kappa shape index (κ2) is 7.69. The summed E-state index contributed by atoms with van der Waals surface area (Å²) >= 11 is 0. The fourth-order valence-corrected chi connectivity index (χ4v) is 2.92. The van der Waals surface area contributed by atoms with E-state index in [1.807, 2.05) is 0 Å². The number of benzene rings is 1. The van der Waals surface area contributed by atoms with Gasteiger partial charge in [0, 0.05) is 39.1 Å². The van der Waals surface area contributed by atoms with E-state index < -0.39 is 11.6 Å². The number of hydrogen-bond acceptors (Lipinski definition) is 4. The first-order chi connectivity index (χ1) is 12.1. The summed E-state index contributed by atoms with van der Waals surface area (Å²) in [5.74, 6) is -0.326. The quantitative estimate of drug-likeness (QED) is 0.802. The minimum absolute atomic E-state index is 0.122. The number of halogens is 2. The van der Waals surface area contributed by atoms with Crippen molar-refractivity contribution in [1.29, 1.82) is 0 Å². The minimum atomic E-state index is -0.718. The van der Waals surface area contributed by atoms with Crippen molar-refractivity contribution >= 4 is 5.91 Å². The Bertz CT molecular complexity index is 763. The zero-order valence-corrected chi connectivity index (χ0v) is 14.0. The van der Waals surface area contributed by atoms with E-state index in [1.165, 1.54) is 23.9 Å². The van der Waals surface area contributed by atoms with Gasteiger partial charge >= 0.3 is 0 Å². The first-order valence-corrected chi connectivity index (χ1v) is 8.25. The van der Waals surface area contributed by atoms with E-state index in [-0.39, 0.29) is 18.2 Å². The van der Waals surface area contributed by atoms with Crippen molar-refractivity contribution in [3.05, 3.63) is 41.5 Å². The molecule has 3 rings (SSSR count). The molecule has 1 amide bonds. The van der Waals surface area contributed by atoms with Crippen molar-refractivity contribution < 1.29 is 18.3 Å². The average molecular weight is 350 g/mol. The lowest BCUT2D eigenvalue weighted by Crippen LogP contribution is -2.37. The maximum absolute atomic E-state index is 14.1. The van der Waals surface area contributed by atoms with E-state index in [9.17, 15) is 13.6 Å². The molecule has 1 fully saturated rings. The lowest BCUT2D eigenvalue weighted by Gasteiger charge is -2.26. The highest BCUT2D eigenvalue weighted by Gasteiger charge is 2.20.